The number of carboxylic acid groups (broad SMARTS) is 1. The molecule has 1 aromatic carbocycles. The van der Waals surface area contributed by atoms with E-state index >= 15 is 0 Å². The number of carbonyl (C=O) groups excluding carboxylic acids is 2. The van der Waals surface area contributed by atoms with Crippen molar-refractivity contribution in [3.63, 3.8) is 0 Å². The number of anilines is 1. The number of carbonyl (C=O) groups is 3. The van der Waals surface area contributed by atoms with Crippen LogP contribution in [0, 0.1) is 5.41 Å². The summed E-state index contributed by atoms with van der Waals surface area (Å²) < 4.78 is 0. The number of amides is 3. The SMILES string of the molecule is CC1(C(=O)O)CCN(C(=O)NCC(=O)N2CCN(c3ccccc3)CC2)C1. The molecule has 0 saturated carbocycles. The van der Waals surface area contributed by atoms with Gasteiger partial charge in [-0.15, -0.1) is 0 Å². The van der Waals surface area contributed by atoms with Crippen LogP contribution < -0.4 is 10.2 Å². The van der Waals surface area contributed by atoms with Crippen molar-refractivity contribution in [1.82, 2.24) is 15.1 Å². The third-order valence-electron chi connectivity index (χ3n) is 5.42. The van der Waals surface area contributed by atoms with E-state index < -0.39 is 11.4 Å². The second kappa shape index (κ2) is 7.85. The third kappa shape index (κ3) is 4.32. The summed E-state index contributed by atoms with van der Waals surface area (Å²) in [4.78, 5) is 41.3. The van der Waals surface area contributed by atoms with E-state index in [2.05, 4.69) is 22.3 Å². The zero-order valence-electron chi connectivity index (χ0n) is 15.6. The summed E-state index contributed by atoms with van der Waals surface area (Å²) in [5, 5.41) is 11.9. The van der Waals surface area contributed by atoms with Crippen LogP contribution in [-0.2, 0) is 9.59 Å². The molecule has 1 atom stereocenters. The number of likely N-dealkylation sites (tertiary alicyclic amines) is 1. The Bertz CT molecular complexity index is 703. The van der Waals surface area contributed by atoms with Crippen molar-refractivity contribution < 1.29 is 19.5 Å². The average molecular weight is 374 g/mol. The molecule has 0 bridgehead atoms. The highest BCUT2D eigenvalue weighted by Gasteiger charge is 2.42. The Hall–Kier alpha value is -2.77. The molecule has 1 aromatic rings. The number of urea groups is 1. The number of para-hydroxylation sites is 1. The van der Waals surface area contributed by atoms with Gasteiger partial charge in [0.25, 0.3) is 0 Å². The number of piperazine rings is 1. The Morgan fingerprint density at radius 2 is 1.70 bits per heavy atom. The summed E-state index contributed by atoms with van der Waals surface area (Å²) in [5.74, 6) is -1.01. The van der Waals surface area contributed by atoms with Gasteiger partial charge in [-0.1, -0.05) is 18.2 Å². The van der Waals surface area contributed by atoms with Crippen molar-refractivity contribution in [2.45, 2.75) is 13.3 Å². The molecule has 2 saturated heterocycles. The van der Waals surface area contributed by atoms with Crippen LogP contribution in [0.25, 0.3) is 0 Å². The Morgan fingerprint density at radius 1 is 1.04 bits per heavy atom. The van der Waals surface area contributed by atoms with Crippen molar-refractivity contribution in [3.8, 4) is 0 Å². The molecule has 2 heterocycles. The van der Waals surface area contributed by atoms with Crippen molar-refractivity contribution in [2.75, 3.05) is 50.7 Å². The highest BCUT2D eigenvalue weighted by atomic mass is 16.4. The second-order valence-corrected chi connectivity index (χ2v) is 7.40. The molecule has 3 amide bonds. The van der Waals surface area contributed by atoms with Crippen LogP contribution in [0.15, 0.2) is 30.3 Å². The molecule has 27 heavy (non-hydrogen) atoms. The topological polar surface area (TPSA) is 93.2 Å². The monoisotopic (exact) mass is 374 g/mol. The average Bonchev–Trinajstić information content (AvgIpc) is 3.10. The lowest BCUT2D eigenvalue weighted by Gasteiger charge is -2.36. The van der Waals surface area contributed by atoms with E-state index in [-0.39, 0.29) is 25.0 Å². The molecule has 2 N–H and O–H groups in total. The normalized spacial score (nSPS) is 22.6. The molecule has 8 nitrogen and oxygen atoms in total. The molecule has 3 rings (SSSR count). The number of benzene rings is 1. The number of rotatable bonds is 4. The van der Waals surface area contributed by atoms with Crippen molar-refractivity contribution in [1.29, 1.82) is 0 Å². The van der Waals surface area contributed by atoms with E-state index in [4.69, 9.17) is 0 Å². The van der Waals surface area contributed by atoms with Crippen LogP contribution in [0.5, 0.6) is 0 Å². The van der Waals surface area contributed by atoms with Gasteiger partial charge in [0.2, 0.25) is 5.91 Å². The van der Waals surface area contributed by atoms with Crippen molar-refractivity contribution in [2.24, 2.45) is 5.41 Å². The summed E-state index contributed by atoms with van der Waals surface area (Å²) in [6.45, 7) is 4.87. The number of aliphatic carboxylic acids is 1. The first kappa shape index (κ1) is 19.0. The zero-order valence-corrected chi connectivity index (χ0v) is 15.6. The van der Waals surface area contributed by atoms with Gasteiger partial charge >= 0.3 is 12.0 Å². The fourth-order valence-electron chi connectivity index (χ4n) is 3.54. The lowest BCUT2D eigenvalue weighted by Crippen LogP contribution is -2.52. The van der Waals surface area contributed by atoms with Gasteiger partial charge in [0.1, 0.15) is 0 Å². The van der Waals surface area contributed by atoms with Gasteiger partial charge in [0.05, 0.1) is 12.0 Å². The fourth-order valence-corrected chi connectivity index (χ4v) is 3.54. The highest BCUT2D eigenvalue weighted by molar-refractivity contribution is 5.85. The van der Waals surface area contributed by atoms with Gasteiger partial charge in [-0.3, -0.25) is 9.59 Å². The van der Waals surface area contributed by atoms with Gasteiger partial charge in [-0.2, -0.15) is 0 Å². The summed E-state index contributed by atoms with van der Waals surface area (Å²) in [6, 6.07) is 9.70. The van der Waals surface area contributed by atoms with Crippen molar-refractivity contribution in [3.05, 3.63) is 30.3 Å². The zero-order chi connectivity index (χ0) is 19.4. The van der Waals surface area contributed by atoms with Gasteiger partial charge < -0.3 is 25.1 Å². The number of nitrogens with zero attached hydrogens (tertiary/aromatic N) is 3. The first-order valence-corrected chi connectivity index (χ1v) is 9.23. The standard InChI is InChI=1S/C19H26N4O4/c1-19(17(25)26)7-8-23(14-19)18(27)20-13-16(24)22-11-9-21(10-12-22)15-5-3-2-4-6-15/h2-6H,7-14H2,1H3,(H,20,27)(H,25,26). The third-order valence-corrected chi connectivity index (χ3v) is 5.42. The fraction of sp³-hybridized carbons (Fsp3) is 0.526. The number of hydrogen-bond donors (Lipinski definition) is 2. The first-order valence-electron chi connectivity index (χ1n) is 9.23. The van der Waals surface area contributed by atoms with Crippen LogP contribution in [0.1, 0.15) is 13.3 Å². The molecule has 8 heteroatoms. The smallest absolute Gasteiger partial charge is 0.317 e. The van der Waals surface area contributed by atoms with Crippen LogP contribution in [0.2, 0.25) is 0 Å². The lowest BCUT2D eigenvalue weighted by molar-refractivity contribution is -0.147. The maximum atomic E-state index is 12.4. The quantitative estimate of drug-likeness (QED) is 0.815. The molecular weight excluding hydrogens is 348 g/mol. The largest absolute Gasteiger partial charge is 0.481 e. The van der Waals surface area contributed by atoms with E-state index in [1.807, 2.05) is 18.2 Å². The molecule has 0 radical (unpaired) electrons. The molecule has 0 spiro atoms. The summed E-state index contributed by atoms with van der Waals surface area (Å²) in [7, 11) is 0. The minimum Gasteiger partial charge on any atom is -0.481 e. The molecular formula is C19H26N4O4. The Labute approximate surface area is 158 Å². The van der Waals surface area contributed by atoms with Gasteiger partial charge in [-0.05, 0) is 25.5 Å². The Morgan fingerprint density at radius 3 is 2.30 bits per heavy atom. The molecule has 0 aliphatic carbocycles. The predicted octanol–water partition coefficient (Wildman–Crippen LogP) is 0.841. The number of nitrogens with one attached hydrogen (secondary N) is 1. The minimum atomic E-state index is -0.908. The van der Waals surface area contributed by atoms with E-state index in [0.29, 0.717) is 26.1 Å². The van der Waals surface area contributed by atoms with E-state index in [1.165, 1.54) is 4.90 Å². The highest BCUT2D eigenvalue weighted by Crippen LogP contribution is 2.29. The minimum absolute atomic E-state index is 0.0650. The van der Waals surface area contributed by atoms with E-state index in [1.54, 1.807) is 11.8 Å². The number of carboxylic acids is 1. The summed E-state index contributed by atoms with van der Waals surface area (Å²) >= 11 is 0. The van der Waals surface area contributed by atoms with Crippen LogP contribution in [-0.4, -0.2) is 78.6 Å². The van der Waals surface area contributed by atoms with Crippen LogP contribution in [0.4, 0.5) is 10.5 Å². The Kier molecular flexibility index (Phi) is 5.53. The Balaban J connectivity index is 1.43. The molecule has 0 aromatic heterocycles. The molecule has 1 unspecified atom stereocenters. The summed E-state index contributed by atoms with van der Waals surface area (Å²) in [5.41, 5.74) is 0.239. The van der Waals surface area contributed by atoms with Crippen LogP contribution in [0.3, 0.4) is 0 Å². The number of hydrogen-bond acceptors (Lipinski definition) is 4. The molecule has 2 aliphatic heterocycles. The molecule has 2 aliphatic rings. The van der Waals surface area contributed by atoms with Crippen molar-refractivity contribution >= 4 is 23.6 Å². The lowest BCUT2D eigenvalue weighted by atomic mass is 9.90. The molecule has 2 fully saturated rings. The van der Waals surface area contributed by atoms with Crippen LogP contribution >= 0.6 is 0 Å². The van der Waals surface area contributed by atoms with E-state index in [9.17, 15) is 19.5 Å². The second-order valence-electron chi connectivity index (χ2n) is 7.40. The maximum absolute atomic E-state index is 12.4. The predicted molar refractivity (Wildman–Crippen MR) is 101 cm³/mol. The van der Waals surface area contributed by atoms with Gasteiger partial charge in [0.15, 0.2) is 0 Å². The van der Waals surface area contributed by atoms with Gasteiger partial charge in [-0.25, -0.2) is 4.79 Å². The maximum Gasteiger partial charge on any atom is 0.317 e. The van der Waals surface area contributed by atoms with Gasteiger partial charge in [0, 0.05) is 45.0 Å². The van der Waals surface area contributed by atoms with E-state index in [0.717, 1.165) is 18.8 Å². The summed E-state index contributed by atoms with van der Waals surface area (Å²) in [6.07, 6.45) is 0.422. The first-order chi connectivity index (χ1) is 12.9. The molecule has 146 valence electrons.